The van der Waals surface area contributed by atoms with Gasteiger partial charge in [-0.15, -0.1) is 0 Å². The van der Waals surface area contributed by atoms with E-state index in [9.17, 15) is 4.39 Å². The van der Waals surface area contributed by atoms with Crippen LogP contribution in [0.5, 0.6) is 0 Å². The molecule has 0 aromatic heterocycles. The molecular weight excluding hydrogens is 205 g/mol. The first-order valence-corrected chi connectivity index (χ1v) is 4.54. The average Bonchev–Trinajstić information content (AvgIpc) is 2.12. The van der Waals surface area contributed by atoms with Crippen LogP contribution in [0.25, 0.3) is 0 Å². The number of benzene rings is 1. The van der Waals surface area contributed by atoms with Crippen molar-refractivity contribution in [1.82, 2.24) is 0 Å². The minimum absolute atomic E-state index is 0.152. The molecule has 14 heavy (non-hydrogen) atoms. The van der Waals surface area contributed by atoms with E-state index >= 15 is 0 Å². The number of anilines is 1. The predicted octanol–water partition coefficient (Wildman–Crippen LogP) is 2.23. The maximum Gasteiger partial charge on any atom is 0.193 e. The lowest BCUT2D eigenvalue weighted by molar-refractivity contribution is 0.632. The summed E-state index contributed by atoms with van der Waals surface area (Å²) < 4.78 is 13.2. The van der Waals surface area contributed by atoms with E-state index in [1.54, 1.807) is 6.07 Å². The zero-order valence-corrected chi connectivity index (χ0v) is 8.48. The van der Waals surface area contributed by atoms with E-state index in [0.29, 0.717) is 6.54 Å². The molecule has 0 spiro atoms. The van der Waals surface area contributed by atoms with Crippen LogP contribution in [0, 0.1) is 5.82 Å². The first kappa shape index (κ1) is 10.8. The molecule has 0 unspecified atom stereocenters. The molecule has 1 aromatic rings. The largest absolute Gasteiger partial charge is 0.370 e. The van der Waals surface area contributed by atoms with Crippen molar-refractivity contribution in [3.8, 4) is 0 Å². The molecule has 0 fully saturated rings. The van der Waals surface area contributed by atoms with Crippen molar-refractivity contribution in [2.45, 2.75) is 6.92 Å². The van der Waals surface area contributed by atoms with Gasteiger partial charge in [-0.05, 0) is 19.1 Å². The number of guanidine groups is 1. The van der Waals surface area contributed by atoms with Crippen molar-refractivity contribution >= 4 is 23.2 Å². The molecular formula is C9H11ClFN3. The molecule has 76 valence electrons. The molecule has 0 saturated heterocycles. The third-order valence-corrected chi connectivity index (χ3v) is 1.86. The fourth-order valence-corrected chi connectivity index (χ4v) is 1.17. The molecule has 0 bridgehead atoms. The molecule has 0 heterocycles. The second-order valence-electron chi connectivity index (χ2n) is 2.58. The molecule has 0 saturated carbocycles. The Bertz CT molecular complexity index is 332. The van der Waals surface area contributed by atoms with E-state index in [0.717, 1.165) is 0 Å². The van der Waals surface area contributed by atoms with Crippen molar-refractivity contribution in [2.24, 2.45) is 10.7 Å². The highest BCUT2D eigenvalue weighted by molar-refractivity contribution is 6.33. The quantitative estimate of drug-likeness (QED) is 0.587. The van der Waals surface area contributed by atoms with Gasteiger partial charge in [0.1, 0.15) is 5.82 Å². The summed E-state index contributed by atoms with van der Waals surface area (Å²) in [6.07, 6.45) is 0. The standard InChI is InChI=1S/C9H11ClFN3/c1-2-13-9(12)14-8-6(10)4-3-5-7(8)11/h3-5H,2H2,1H3,(H3,12,13,14). The minimum Gasteiger partial charge on any atom is -0.370 e. The Morgan fingerprint density at radius 1 is 1.64 bits per heavy atom. The van der Waals surface area contributed by atoms with Gasteiger partial charge in [0.25, 0.3) is 0 Å². The highest BCUT2D eigenvalue weighted by atomic mass is 35.5. The van der Waals surface area contributed by atoms with E-state index in [1.165, 1.54) is 12.1 Å². The highest BCUT2D eigenvalue weighted by Crippen LogP contribution is 2.24. The second-order valence-corrected chi connectivity index (χ2v) is 2.99. The van der Waals surface area contributed by atoms with Crippen LogP contribution in [-0.4, -0.2) is 12.5 Å². The summed E-state index contributed by atoms with van der Waals surface area (Å²) in [5, 5.41) is 2.88. The molecule has 0 aliphatic carbocycles. The van der Waals surface area contributed by atoms with Crippen LogP contribution >= 0.6 is 11.6 Å². The zero-order chi connectivity index (χ0) is 10.6. The van der Waals surface area contributed by atoms with Crippen molar-refractivity contribution in [3.63, 3.8) is 0 Å². The third kappa shape index (κ3) is 2.60. The molecule has 0 aliphatic heterocycles. The summed E-state index contributed by atoms with van der Waals surface area (Å²) >= 11 is 5.76. The van der Waals surface area contributed by atoms with Crippen molar-refractivity contribution in [2.75, 3.05) is 11.9 Å². The summed E-state index contributed by atoms with van der Waals surface area (Å²) in [5.41, 5.74) is 5.62. The van der Waals surface area contributed by atoms with E-state index in [4.69, 9.17) is 17.3 Å². The number of aliphatic imine (C=N–C) groups is 1. The molecule has 0 amide bonds. The van der Waals surface area contributed by atoms with Crippen molar-refractivity contribution in [1.29, 1.82) is 0 Å². The maximum absolute atomic E-state index is 13.2. The number of nitrogens with one attached hydrogen (secondary N) is 1. The first-order chi connectivity index (χ1) is 6.65. The van der Waals surface area contributed by atoms with Gasteiger partial charge in [0.15, 0.2) is 5.96 Å². The molecule has 3 N–H and O–H groups in total. The molecule has 0 atom stereocenters. The van der Waals surface area contributed by atoms with Crippen LogP contribution in [0.4, 0.5) is 10.1 Å². The number of nitrogens with two attached hydrogens (primary N) is 1. The van der Waals surface area contributed by atoms with E-state index in [-0.39, 0.29) is 16.7 Å². The Labute approximate surface area is 86.8 Å². The molecule has 0 aliphatic rings. The molecule has 1 aromatic carbocycles. The van der Waals surface area contributed by atoms with Crippen LogP contribution < -0.4 is 11.1 Å². The van der Waals surface area contributed by atoms with Gasteiger partial charge in [-0.2, -0.15) is 0 Å². The van der Waals surface area contributed by atoms with Crippen LogP contribution in [0.3, 0.4) is 0 Å². The van der Waals surface area contributed by atoms with Crippen molar-refractivity contribution in [3.05, 3.63) is 29.0 Å². The molecule has 3 nitrogen and oxygen atoms in total. The summed E-state index contributed by atoms with van der Waals surface area (Å²) in [4.78, 5) is 3.86. The van der Waals surface area contributed by atoms with Gasteiger partial charge < -0.3 is 11.1 Å². The molecule has 1 rings (SSSR count). The minimum atomic E-state index is -0.452. The normalized spacial score (nSPS) is 11.5. The predicted molar refractivity (Wildman–Crippen MR) is 57.2 cm³/mol. The maximum atomic E-state index is 13.2. The van der Waals surface area contributed by atoms with Crippen LogP contribution in [0.15, 0.2) is 23.2 Å². The lowest BCUT2D eigenvalue weighted by Crippen LogP contribution is -2.23. The van der Waals surface area contributed by atoms with Gasteiger partial charge in [0, 0.05) is 6.54 Å². The zero-order valence-electron chi connectivity index (χ0n) is 7.72. The van der Waals surface area contributed by atoms with Gasteiger partial charge in [-0.25, -0.2) is 4.39 Å². The number of hydrogen-bond donors (Lipinski definition) is 2. The Balaban J connectivity index is 2.91. The fourth-order valence-electron chi connectivity index (χ4n) is 0.955. The van der Waals surface area contributed by atoms with Gasteiger partial charge in [-0.1, -0.05) is 17.7 Å². The SMILES string of the molecule is CCN=C(N)Nc1c(F)cccc1Cl. The monoisotopic (exact) mass is 215 g/mol. The van der Waals surface area contributed by atoms with Gasteiger partial charge in [0.2, 0.25) is 0 Å². The average molecular weight is 216 g/mol. The van der Waals surface area contributed by atoms with Gasteiger partial charge >= 0.3 is 0 Å². The highest BCUT2D eigenvalue weighted by Gasteiger charge is 2.06. The van der Waals surface area contributed by atoms with Crippen LogP contribution in [0.2, 0.25) is 5.02 Å². The van der Waals surface area contributed by atoms with Crippen LogP contribution in [-0.2, 0) is 0 Å². The van der Waals surface area contributed by atoms with Crippen molar-refractivity contribution < 1.29 is 4.39 Å². The molecule has 0 radical (unpaired) electrons. The Kier molecular flexibility index (Phi) is 3.71. The fraction of sp³-hybridized carbons (Fsp3) is 0.222. The number of hydrogen-bond acceptors (Lipinski definition) is 1. The Morgan fingerprint density at radius 2 is 2.36 bits per heavy atom. The first-order valence-electron chi connectivity index (χ1n) is 4.16. The summed E-state index contributed by atoms with van der Waals surface area (Å²) in [5.74, 6) is -0.300. The Morgan fingerprint density at radius 3 is 2.93 bits per heavy atom. The number of halogens is 2. The third-order valence-electron chi connectivity index (χ3n) is 1.54. The summed E-state index contributed by atoms with van der Waals surface area (Å²) in [7, 11) is 0. The summed E-state index contributed by atoms with van der Waals surface area (Å²) in [6, 6.07) is 4.40. The van der Waals surface area contributed by atoms with E-state index in [2.05, 4.69) is 10.3 Å². The lowest BCUT2D eigenvalue weighted by atomic mass is 10.3. The second kappa shape index (κ2) is 4.81. The van der Waals surface area contributed by atoms with Crippen LogP contribution in [0.1, 0.15) is 6.92 Å². The summed E-state index contributed by atoms with van der Waals surface area (Å²) in [6.45, 7) is 2.36. The lowest BCUT2D eigenvalue weighted by Gasteiger charge is -2.07. The topological polar surface area (TPSA) is 50.4 Å². The number of nitrogens with zero attached hydrogens (tertiary/aromatic N) is 1. The molecule has 5 heteroatoms. The van der Waals surface area contributed by atoms with E-state index in [1.807, 2.05) is 6.92 Å². The van der Waals surface area contributed by atoms with Gasteiger partial charge in [-0.3, -0.25) is 4.99 Å². The van der Waals surface area contributed by atoms with Gasteiger partial charge in [0.05, 0.1) is 10.7 Å². The smallest absolute Gasteiger partial charge is 0.193 e. The Hall–Kier alpha value is -1.29. The van der Waals surface area contributed by atoms with E-state index < -0.39 is 5.82 Å². The number of para-hydroxylation sites is 1. The number of rotatable bonds is 2.